The third-order valence-corrected chi connectivity index (χ3v) is 11.2. The topological polar surface area (TPSA) is 112 Å². The van der Waals surface area contributed by atoms with Gasteiger partial charge in [-0.3, -0.25) is 4.90 Å². The Morgan fingerprint density at radius 1 is 1.02 bits per heavy atom. The van der Waals surface area contributed by atoms with Crippen LogP contribution >= 0.6 is 18.7 Å². The Morgan fingerprint density at radius 2 is 1.78 bits per heavy atom. The van der Waals surface area contributed by atoms with Crippen LogP contribution in [0.1, 0.15) is 38.1 Å². The fourth-order valence-corrected chi connectivity index (χ4v) is 7.74. The molecule has 1 unspecified atom stereocenters. The van der Waals surface area contributed by atoms with Crippen LogP contribution in [0.4, 0.5) is 28.8 Å². The summed E-state index contributed by atoms with van der Waals surface area (Å²) in [5, 5.41) is 7.68. The van der Waals surface area contributed by atoms with Gasteiger partial charge in [0, 0.05) is 74.6 Å². The first-order chi connectivity index (χ1) is 23.9. The van der Waals surface area contributed by atoms with E-state index in [2.05, 4.69) is 80.4 Å². The average Bonchev–Trinajstić information content (AvgIpc) is 3.10. The van der Waals surface area contributed by atoms with E-state index in [9.17, 15) is 4.57 Å². The van der Waals surface area contributed by atoms with E-state index in [1.807, 2.05) is 31.2 Å². The van der Waals surface area contributed by atoms with Crippen molar-refractivity contribution in [1.29, 1.82) is 0 Å². The number of ether oxygens (including phenoxy) is 1. The summed E-state index contributed by atoms with van der Waals surface area (Å²) < 4.78 is 19.4. The van der Waals surface area contributed by atoms with E-state index in [0.717, 1.165) is 74.6 Å². The number of halogens is 1. The van der Waals surface area contributed by atoms with Crippen LogP contribution < -0.4 is 25.6 Å². The van der Waals surface area contributed by atoms with Crippen LogP contribution in [-0.2, 0) is 11.0 Å². The van der Waals surface area contributed by atoms with Gasteiger partial charge in [-0.05, 0) is 76.4 Å². The van der Waals surface area contributed by atoms with Crippen molar-refractivity contribution in [2.45, 2.75) is 46.1 Å². The fourth-order valence-electron chi connectivity index (χ4n) is 6.44. The Kier molecular flexibility index (Phi) is 12.4. The van der Waals surface area contributed by atoms with Gasteiger partial charge < -0.3 is 29.7 Å². The lowest BCUT2D eigenvalue weighted by Gasteiger charge is -2.38. The Hall–Kier alpha value is -3.76. The Morgan fingerprint density at radius 3 is 2.44 bits per heavy atom. The zero-order valence-corrected chi connectivity index (χ0v) is 32.3. The third-order valence-electron chi connectivity index (χ3n) is 9.41. The number of nitrogens with one attached hydrogen (secondary N) is 2. The molecule has 2 aromatic carbocycles. The predicted octanol–water partition coefficient (Wildman–Crippen LogP) is 7.05. The summed E-state index contributed by atoms with van der Waals surface area (Å²) in [5.74, 6) is 2.10. The van der Waals surface area contributed by atoms with Crippen LogP contribution in [0.5, 0.6) is 5.75 Å². The number of likely N-dealkylation sites (N-methyl/N-ethyl adjacent to an activating group) is 1. The van der Waals surface area contributed by atoms with Gasteiger partial charge in [-0.2, -0.15) is 4.98 Å². The summed E-state index contributed by atoms with van der Waals surface area (Å²) in [7, 11) is 3.32. The SMILES string of the molecule is CCc1cc(Nc2ncc(Cl)c(Nc3ccc(-c4ccnc(C)n4)cc3P(C)(C)=O)n2)c(OC)cc1N(C)CCC(CC)N1CCN(C)CC1. The molecule has 4 aromatic rings. The molecule has 0 spiro atoms. The number of piperazine rings is 1. The number of anilines is 5. The molecule has 3 heterocycles. The maximum Gasteiger partial charge on any atom is 0.229 e. The number of nitrogens with zero attached hydrogens (tertiary/aromatic N) is 7. The van der Waals surface area contributed by atoms with Crippen LogP contribution in [0.15, 0.2) is 48.8 Å². The number of hydrogen-bond acceptors (Lipinski definition) is 11. The molecule has 1 saturated heterocycles. The van der Waals surface area contributed by atoms with Gasteiger partial charge in [0.15, 0.2) is 5.82 Å². The van der Waals surface area contributed by atoms with Crippen LogP contribution in [0, 0.1) is 6.92 Å². The smallest absolute Gasteiger partial charge is 0.229 e. The second-order valence-corrected chi connectivity index (χ2v) is 16.9. The van der Waals surface area contributed by atoms with Crippen molar-refractivity contribution in [1.82, 2.24) is 29.7 Å². The molecule has 1 aliphatic rings. The van der Waals surface area contributed by atoms with Gasteiger partial charge in [-0.25, -0.2) is 15.0 Å². The van der Waals surface area contributed by atoms with Gasteiger partial charge in [-0.15, -0.1) is 0 Å². The predicted molar refractivity (Wildman–Crippen MR) is 208 cm³/mol. The highest BCUT2D eigenvalue weighted by Crippen LogP contribution is 2.41. The highest BCUT2D eigenvalue weighted by molar-refractivity contribution is 7.70. The van der Waals surface area contributed by atoms with Crippen molar-refractivity contribution in [3.05, 3.63) is 65.2 Å². The number of aromatic nitrogens is 4. The van der Waals surface area contributed by atoms with Gasteiger partial charge in [0.1, 0.15) is 23.7 Å². The van der Waals surface area contributed by atoms with Gasteiger partial charge >= 0.3 is 0 Å². The van der Waals surface area contributed by atoms with Crippen molar-refractivity contribution in [3.8, 4) is 17.0 Å². The molecule has 0 amide bonds. The molecule has 1 aliphatic heterocycles. The number of rotatable bonds is 14. The minimum atomic E-state index is -2.72. The van der Waals surface area contributed by atoms with E-state index in [0.29, 0.717) is 45.4 Å². The highest BCUT2D eigenvalue weighted by Gasteiger charge is 2.23. The minimum Gasteiger partial charge on any atom is -0.494 e. The number of methoxy groups -OCH3 is 1. The number of benzene rings is 2. The molecule has 0 radical (unpaired) electrons. The van der Waals surface area contributed by atoms with E-state index in [1.165, 1.54) is 5.56 Å². The standard InChI is InChI=1S/C37H51ClN9O2P/c1-9-26-21-32(34(49-6)23-33(26)46(5)16-14-28(10-2)47-19-17-45(4)18-20-47)43-37-40-24-29(38)36(44-37)42-31-12-11-27(22-35(31)50(7,8)48)30-13-15-39-25(3)41-30/h11-13,15,21-24,28H,9-10,14,16-20H2,1-8H3,(H2,40,42,43,44). The van der Waals surface area contributed by atoms with Gasteiger partial charge in [0.2, 0.25) is 5.95 Å². The molecule has 2 aromatic heterocycles. The second kappa shape index (κ2) is 16.5. The zero-order valence-electron chi connectivity index (χ0n) is 30.6. The molecule has 2 N–H and O–H groups in total. The summed E-state index contributed by atoms with van der Waals surface area (Å²) in [6, 6.07) is 12.3. The minimum absolute atomic E-state index is 0.333. The normalized spacial score (nSPS) is 14.7. The highest BCUT2D eigenvalue weighted by atomic mass is 35.5. The van der Waals surface area contributed by atoms with Gasteiger partial charge in [0.05, 0.1) is 30.4 Å². The molecule has 13 heteroatoms. The Bertz CT molecular complexity index is 1830. The molecule has 268 valence electrons. The first-order valence-corrected chi connectivity index (χ1v) is 20.3. The van der Waals surface area contributed by atoms with Crippen LogP contribution in [0.3, 0.4) is 0 Å². The largest absolute Gasteiger partial charge is 0.494 e. The van der Waals surface area contributed by atoms with Crippen LogP contribution in [-0.4, -0.2) is 103 Å². The van der Waals surface area contributed by atoms with E-state index >= 15 is 0 Å². The fraction of sp³-hybridized carbons (Fsp3) is 0.459. The number of hydrogen-bond donors (Lipinski definition) is 2. The summed E-state index contributed by atoms with van der Waals surface area (Å²) >= 11 is 6.60. The average molecular weight is 720 g/mol. The molecule has 0 bridgehead atoms. The van der Waals surface area contributed by atoms with E-state index in [4.69, 9.17) is 21.3 Å². The summed E-state index contributed by atoms with van der Waals surface area (Å²) in [6.45, 7) is 15.3. The van der Waals surface area contributed by atoms with Crippen molar-refractivity contribution in [2.75, 3.05) is 82.8 Å². The van der Waals surface area contributed by atoms with E-state index in [-0.39, 0.29) is 0 Å². The Labute approximate surface area is 302 Å². The van der Waals surface area contributed by atoms with Crippen LogP contribution in [0.2, 0.25) is 5.02 Å². The molecule has 1 fully saturated rings. The van der Waals surface area contributed by atoms with Crippen molar-refractivity contribution in [3.63, 3.8) is 0 Å². The number of aryl methyl sites for hydroxylation is 2. The Balaban J connectivity index is 1.36. The maximum atomic E-state index is 13.5. The van der Waals surface area contributed by atoms with Gasteiger partial charge in [0.25, 0.3) is 0 Å². The molecular weight excluding hydrogens is 669 g/mol. The van der Waals surface area contributed by atoms with Crippen LogP contribution in [0.25, 0.3) is 11.3 Å². The molecular formula is C37H51ClN9O2P. The third kappa shape index (κ3) is 9.12. The summed E-state index contributed by atoms with van der Waals surface area (Å²) in [4.78, 5) is 25.3. The molecule has 0 saturated carbocycles. The molecule has 11 nitrogen and oxygen atoms in total. The lowest BCUT2D eigenvalue weighted by atomic mass is 10.0. The molecule has 0 aliphatic carbocycles. The molecule has 1 atom stereocenters. The molecule has 5 rings (SSSR count). The van der Waals surface area contributed by atoms with Crippen molar-refractivity contribution in [2.24, 2.45) is 0 Å². The summed E-state index contributed by atoms with van der Waals surface area (Å²) in [5.41, 5.74) is 5.37. The van der Waals surface area contributed by atoms with E-state index < -0.39 is 7.14 Å². The lowest BCUT2D eigenvalue weighted by molar-refractivity contribution is 0.105. The monoisotopic (exact) mass is 719 g/mol. The quantitative estimate of drug-likeness (QED) is 0.131. The summed E-state index contributed by atoms with van der Waals surface area (Å²) in [6.07, 6.45) is 6.37. The van der Waals surface area contributed by atoms with Crippen molar-refractivity contribution < 1.29 is 9.30 Å². The second-order valence-electron chi connectivity index (χ2n) is 13.4. The molecule has 50 heavy (non-hydrogen) atoms. The van der Waals surface area contributed by atoms with Gasteiger partial charge in [-0.1, -0.05) is 31.5 Å². The first-order valence-electron chi connectivity index (χ1n) is 17.3. The lowest BCUT2D eigenvalue weighted by Crippen LogP contribution is -2.49. The van der Waals surface area contributed by atoms with Crippen molar-refractivity contribution >= 4 is 52.9 Å². The first kappa shape index (κ1) is 37.5. The van der Waals surface area contributed by atoms with E-state index in [1.54, 1.807) is 32.8 Å². The zero-order chi connectivity index (χ0) is 36.0. The maximum absolute atomic E-state index is 13.5.